The van der Waals surface area contributed by atoms with E-state index in [0.29, 0.717) is 23.7 Å². The lowest BCUT2D eigenvalue weighted by Gasteiger charge is -2.17. The number of nitrogens with one attached hydrogen (secondary N) is 2. The van der Waals surface area contributed by atoms with Gasteiger partial charge in [-0.05, 0) is 55.4 Å². The van der Waals surface area contributed by atoms with E-state index in [-0.39, 0.29) is 0 Å². The molecule has 0 aliphatic rings. The fraction of sp³-hybridized carbons (Fsp3) is 0.333. The molecule has 0 heterocycles. The van der Waals surface area contributed by atoms with Crippen molar-refractivity contribution < 1.29 is 21.9 Å². The monoisotopic (exact) mass is 427 g/mol. The Morgan fingerprint density at radius 2 is 1.64 bits per heavy atom. The molecule has 0 amide bonds. The Morgan fingerprint density at radius 3 is 2.21 bits per heavy atom. The quantitative estimate of drug-likeness (QED) is 0.474. The van der Waals surface area contributed by atoms with E-state index >= 15 is 0 Å². The van der Waals surface area contributed by atoms with Crippen LogP contribution in [0.2, 0.25) is 0 Å². The van der Waals surface area contributed by atoms with E-state index in [4.69, 9.17) is 9.29 Å². The summed E-state index contributed by atoms with van der Waals surface area (Å²) in [6.07, 6.45) is 1.96. The summed E-state index contributed by atoms with van der Waals surface area (Å²) in [5, 5.41) is 0. The molecule has 2 aromatic carbocycles. The van der Waals surface area contributed by atoms with Crippen molar-refractivity contribution in [1.29, 1.82) is 0 Å². The van der Waals surface area contributed by atoms with Gasteiger partial charge >= 0.3 is 0 Å². The zero-order chi connectivity index (χ0) is 20.6. The minimum Gasteiger partial charge on any atom is -0.492 e. The molecule has 154 valence electrons. The molecule has 1 atom stereocenters. The van der Waals surface area contributed by atoms with Gasteiger partial charge in [0.1, 0.15) is 12.4 Å². The Labute approximate surface area is 168 Å². The second-order valence-electron chi connectivity index (χ2n) is 6.35. The predicted octanol–water partition coefficient (Wildman–Crippen LogP) is 2.16. The van der Waals surface area contributed by atoms with E-state index < -0.39 is 21.3 Å². The number of benzene rings is 2. The smallest absolute Gasteiger partial charge is 0.259 e. The van der Waals surface area contributed by atoms with Gasteiger partial charge in [0, 0.05) is 24.5 Å². The molecule has 0 fully saturated rings. The zero-order valence-electron chi connectivity index (χ0n) is 15.8. The maximum Gasteiger partial charge on any atom is 0.259 e. The van der Waals surface area contributed by atoms with Crippen LogP contribution >= 0.6 is 0 Å². The highest BCUT2D eigenvalue weighted by molar-refractivity contribution is 7.92. The van der Waals surface area contributed by atoms with Crippen LogP contribution in [-0.2, 0) is 27.7 Å². The van der Waals surface area contributed by atoms with E-state index in [1.54, 1.807) is 36.4 Å². The largest absolute Gasteiger partial charge is 0.492 e. The Hall–Kier alpha value is -2.14. The molecule has 0 bridgehead atoms. The standard InChI is InChI=1S/C18H25N3O5S2/c1-21(12-11-15-3-5-16(6-4-15)19-27(22)23)13-14-26-18-9-7-17(8-10-18)20-28(2,24)25/h3-10,19-20H,11-14H2,1-2H3,(H,22,23). The average Bonchev–Trinajstić information content (AvgIpc) is 2.61. The summed E-state index contributed by atoms with van der Waals surface area (Å²) in [6.45, 7) is 2.10. The van der Waals surface area contributed by atoms with Gasteiger partial charge in [-0.1, -0.05) is 12.1 Å². The molecule has 0 aliphatic heterocycles. The molecule has 0 spiro atoms. The first-order valence-electron chi connectivity index (χ1n) is 8.57. The van der Waals surface area contributed by atoms with Crippen LogP contribution in [0, 0.1) is 0 Å². The molecule has 0 aliphatic carbocycles. The summed E-state index contributed by atoms with van der Waals surface area (Å²) in [5.41, 5.74) is 2.23. The highest BCUT2D eigenvalue weighted by Gasteiger charge is 2.04. The molecular formula is C18H25N3O5S2. The molecule has 0 radical (unpaired) electrons. The van der Waals surface area contributed by atoms with Gasteiger partial charge in [-0.3, -0.25) is 14.0 Å². The number of ether oxygens (including phenoxy) is 1. The topological polar surface area (TPSA) is 108 Å². The third-order valence-corrected chi connectivity index (χ3v) is 4.86. The van der Waals surface area contributed by atoms with Crippen molar-refractivity contribution in [3.8, 4) is 5.75 Å². The van der Waals surface area contributed by atoms with Crippen molar-refractivity contribution in [2.24, 2.45) is 0 Å². The first-order valence-corrected chi connectivity index (χ1v) is 11.6. The fourth-order valence-corrected chi connectivity index (χ4v) is 3.33. The lowest BCUT2D eigenvalue weighted by Crippen LogP contribution is -2.26. The molecule has 28 heavy (non-hydrogen) atoms. The number of hydrogen-bond donors (Lipinski definition) is 3. The Balaban J connectivity index is 1.69. The Kier molecular flexibility index (Phi) is 8.24. The summed E-state index contributed by atoms with van der Waals surface area (Å²) in [6, 6.07) is 14.2. The molecule has 3 N–H and O–H groups in total. The summed E-state index contributed by atoms with van der Waals surface area (Å²) >= 11 is -2.06. The average molecular weight is 428 g/mol. The fourth-order valence-electron chi connectivity index (χ4n) is 2.42. The zero-order valence-corrected chi connectivity index (χ0v) is 17.4. The third kappa shape index (κ3) is 8.70. The van der Waals surface area contributed by atoms with Crippen LogP contribution in [0.25, 0.3) is 0 Å². The molecule has 0 saturated carbocycles. The SMILES string of the molecule is CN(CCOc1ccc(NS(C)(=O)=O)cc1)CCc1ccc(NS(=O)O)cc1. The normalized spacial score (nSPS) is 12.6. The number of hydrogen-bond acceptors (Lipinski definition) is 5. The van der Waals surface area contributed by atoms with Gasteiger partial charge in [0.25, 0.3) is 11.3 Å². The molecule has 1 unspecified atom stereocenters. The van der Waals surface area contributed by atoms with Gasteiger partial charge in [0.05, 0.1) is 6.26 Å². The van der Waals surface area contributed by atoms with E-state index in [2.05, 4.69) is 14.3 Å². The lowest BCUT2D eigenvalue weighted by molar-refractivity contribution is 0.239. The summed E-state index contributed by atoms with van der Waals surface area (Å²) < 4.78 is 52.4. The van der Waals surface area contributed by atoms with Crippen molar-refractivity contribution in [1.82, 2.24) is 4.90 Å². The van der Waals surface area contributed by atoms with Gasteiger partial charge in [-0.25, -0.2) is 12.6 Å². The number of likely N-dealkylation sites (N-methyl/N-ethyl adjacent to an activating group) is 1. The van der Waals surface area contributed by atoms with Gasteiger partial charge in [-0.2, -0.15) is 0 Å². The Bertz CT molecular complexity index is 871. The molecule has 10 heteroatoms. The summed E-state index contributed by atoms with van der Waals surface area (Å²) in [4.78, 5) is 2.15. The number of rotatable bonds is 11. The van der Waals surface area contributed by atoms with Crippen molar-refractivity contribution in [2.45, 2.75) is 6.42 Å². The Morgan fingerprint density at radius 1 is 1.04 bits per heavy atom. The second-order valence-corrected chi connectivity index (χ2v) is 8.80. The van der Waals surface area contributed by atoms with E-state index in [1.807, 2.05) is 19.2 Å². The van der Waals surface area contributed by atoms with Crippen LogP contribution in [0.3, 0.4) is 0 Å². The van der Waals surface area contributed by atoms with Gasteiger partial charge < -0.3 is 9.64 Å². The number of anilines is 2. The maximum absolute atomic E-state index is 11.2. The molecule has 2 rings (SSSR count). The minimum absolute atomic E-state index is 0.499. The van der Waals surface area contributed by atoms with Crippen LogP contribution in [-0.4, -0.2) is 55.1 Å². The first-order chi connectivity index (χ1) is 13.2. The molecule has 0 aromatic heterocycles. The maximum atomic E-state index is 11.2. The van der Waals surface area contributed by atoms with Crippen LogP contribution in [0.4, 0.5) is 11.4 Å². The number of nitrogens with zero attached hydrogens (tertiary/aromatic N) is 1. The highest BCUT2D eigenvalue weighted by atomic mass is 32.2. The molecule has 2 aromatic rings. The molecule has 0 saturated heterocycles. The van der Waals surface area contributed by atoms with Crippen LogP contribution in [0.1, 0.15) is 5.56 Å². The van der Waals surface area contributed by atoms with E-state index in [0.717, 1.165) is 31.3 Å². The van der Waals surface area contributed by atoms with Crippen LogP contribution in [0.15, 0.2) is 48.5 Å². The summed E-state index contributed by atoms with van der Waals surface area (Å²) in [7, 11) is -1.27. The van der Waals surface area contributed by atoms with Gasteiger partial charge in [-0.15, -0.1) is 0 Å². The van der Waals surface area contributed by atoms with Gasteiger partial charge in [0.2, 0.25) is 10.0 Å². The van der Waals surface area contributed by atoms with E-state index in [1.165, 1.54) is 0 Å². The molecular weight excluding hydrogens is 402 g/mol. The molecule has 8 nitrogen and oxygen atoms in total. The second kappa shape index (κ2) is 10.4. The predicted molar refractivity (Wildman–Crippen MR) is 112 cm³/mol. The van der Waals surface area contributed by atoms with Crippen LogP contribution in [0.5, 0.6) is 5.75 Å². The van der Waals surface area contributed by atoms with Crippen molar-refractivity contribution in [3.63, 3.8) is 0 Å². The van der Waals surface area contributed by atoms with Gasteiger partial charge in [0.15, 0.2) is 0 Å². The van der Waals surface area contributed by atoms with Crippen LogP contribution < -0.4 is 14.2 Å². The van der Waals surface area contributed by atoms with E-state index in [9.17, 15) is 12.6 Å². The first kappa shape index (κ1) is 22.2. The third-order valence-electron chi connectivity index (χ3n) is 3.84. The minimum atomic E-state index is -3.28. The van der Waals surface area contributed by atoms with Crippen molar-refractivity contribution in [2.75, 3.05) is 42.4 Å². The van der Waals surface area contributed by atoms with Crippen molar-refractivity contribution in [3.05, 3.63) is 54.1 Å². The highest BCUT2D eigenvalue weighted by Crippen LogP contribution is 2.16. The lowest BCUT2D eigenvalue weighted by atomic mass is 10.1. The number of sulfonamides is 1. The summed E-state index contributed by atoms with van der Waals surface area (Å²) in [5.74, 6) is 0.678. The van der Waals surface area contributed by atoms with Crippen molar-refractivity contribution >= 4 is 32.7 Å².